The summed E-state index contributed by atoms with van der Waals surface area (Å²) < 4.78 is 0. The van der Waals surface area contributed by atoms with Gasteiger partial charge in [0.1, 0.15) is 5.78 Å². The van der Waals surface area contributed by atoms with Gasteiger partial charge in [0.25, 0.3) is 0 Å². The zero-order valence-electron chi connectivity index (χ0n) is 13.1. The molecule has 2 aromatic carbocycles. The van der Waals surface area contributed by atoms with Crippen molar-refractivity contribution in [2.24, 2.45) is 0 Å². The van der Waals surface area contributed by atoms with Gasteiger partial charge in [-0.2, -0.15) is 0 Å². The summed E-state index contributed by atoms with van der Waals surface area (Å²) in [5, 5.41) is 0. The fraction of sp³-hybridized carbons (Fsp3) is 0.286. The molecule has 1 nitrogen and oxygen atoms in total. The minimum Gasteiger partial charge on any atom is -0.300 e. The second-order valence-corrected chi connectivity index (χ2v) is 6.24. The SMILES string of the molecule is C=Cc1cccc(C2CC[C@@H](CC(C)=O)c3ccccc32)c1. The van der Waals surface area contributed by atoms with Gasteiger partial charge in [-0.1, -0.05) is 61.2 Å². The summed E-state index contributed by atoms with van der Waals surface area (Å²) in [5.74, 6) is 1.10. The second-order valence-electron chi connectivity index (χ2n) is 6.24. The van der Waals surface area contributed by atoms with E-state index in [2.05, 4.69) is 55.1 Å². The second kappa shape index (κ2) is 6.31. The van der Waals surface area contributed by atoms with Crippen LogP contribution in [-0.2, 0) is 4.79 Å². The summed E-state index contributed by atoms with van der Waals surface area (Å²) in [5.41, 5.74) is 5.27. The first kappa shape index (κ1) is 14.8. The molecule has 2 aromatic rings. The summed E-state index contributed by atoms with van der Waals surface area (Å²) in [7, 11) is 0. The first-order valence-electron chi connectivity index (χ1n) is 7.99. The normalized spacial score (nSPS) is 20.2. The van der Waals surface area contributed by atoms with Crippen LogP contribution in [0.15, 0.2) is 55.1 Å². The van der Waals surface area contributed by atoms with Crippen LogP contribution in [0.3, 0.4) is 0 Å². The van der Waals surface area contributed by atoms with Gasteiger partial charge in [-0.25, -0.2) is 0 Å². The predicted octanol–water partition coefficient (Wildman–Crippen LogP) is 5.32. The Morgan fingerprint density at radius 1 is 1.14 bits per heavy atom. The highest BCUT2D eigenvalue weighted by molar-refractivity contribution is 5.76. The molecule has 0 fully saturated rings. The molecule has 1 aliphatic rings. The summed E-state index contributed by atoms with van der Waals surface area (Å²) in [4.78, 5) is 11.5. The number of ketones is 1. The van der Waals surface area contributed by atoms with Crippen LogP contribution in [0.2, 0.25) is 0 Å². The van der Waals surface area contributed by atoms with E-state index >= 15 is 0 Å². The average molecular weight is 290 g/mol. The van der Waals surface area contributed by atoms with Crippen LogP contribution < -0.4 is 0 Å². The van der Waals surface area contributed by atoms with Gasteiger partial charge in [-0.15, -0.1) is 0 Å². The zero-order valence-corrected chi connectivity index (χ0v) is 13.1. The van der Waals surface area contributed by atoms with Gasteiger partial charge in [0.05, 0.1) is 0 Å². The Kier molecular flexibility index (Phi) is 4.24. The number of rotatable bonds is 4. The number of carbonyl (C=O) groups is 1. The largest absolute Gasteiger partial charge is 0.300 e. The van der Waals surface area contributed by atoms with Gasteiger partial charge in [0.15, 0.2) is 0 Å². The predicted molar refractivity (Wildman–Crippen MR) is 92.1 cm³/mol. The molecule has 112 valence electrons. The van der Waals surface area contributed by atoms with Crippen molar-refractivity contribution in [3.63, 3.8) is 0 Å². The Labute approximate surface area is 132 Å². The molecule has 1 heteroatoms. The molecule has 0 saturated carbocycles. The third kappa shape index (κ3) is 2.89. The van der Waals surface area contributed by atoms with Crippen molar-refractivity contribution in [3.8, 4) is 0 Å². The molecule has 0 aliphatic heterocycles. The van der Waals surface area contributed by atoms with Crippen LogP contribution >= 0.6 is 0 Å². The van der Waals surface area contributed by atoms with Gasteiger partial charge < -0.3 is 4.79 Å². The van der Waals surface area contributed by atoms with Gasteiger partial charge >= 0.3 is 0 Å². The molecule has 0 bridgehead atoms. The smallest absolute Gasteiger partial charge is 0.130 e. The highest BCUT2D eigenvalue weighted by Gasteiger charge is 2.28. The van der Waals surface area contributed by atoms with Crippen molar-refractivity contribution in [2.45, 2.75) is 38.0 Å². The molecule has 0 radical (unpaired) electrons. The molecule has 1 unspecified atom stereocenters. The summed E-state index contributed by atoms with van der Waals surface area (Å²) in [6.45, 7) is 5.57. The standard InChI is InChI=1S/C21H22O/c1-3-16-7-6-8-17(14-16)20-12-11-18(13-15(2)22)19-9-4-5-10-21(19)20/h3-10,14,18,20H,1,11-13H2,2H3/t18-,20?/m0/s1. The maximum Gasteiger partial charge on any atom is 0.130 e. The third-order valence-corrected chi connectivity index (χ3v) is 4.70. The van der Waals surface area contributed by atoms with Crippen molar-refractivity contribution < 1.29 is 4.79 Å². The quantitative estimate of drug-likeness (QED) is 0.745. The first-order valence-corrected chi connectivity index (χ1v) is 7.99. The lowest BCUT2D eigenvalue weighted by Gasteiger charge is -2.31. The minimum absolute atomic E-state index is 0.284. The molecule has 1 aliphatic carbocycles. The van der Waals surface area contributed by atoms with Crippen molar-refractivity contribution in [2.75, 3.05) is 0 Å². The number of hydrogen-bond acceptors (Lipinski definition) is 1. The molecule has 0 aromatic heterocycles. The number of benzene rings is 2. The molecule has 3 rings (SSSR count). The van der Waals surface area contributed by atoms with E-state index in [9.17, 15) is 4.79 Å². The highest BCUT2D eigenvalue weighted by Crippen LogP contribution is 2.43. The molecule has 0 heterocycles. The third-order valence-electron chi connectivity index (χ3n) is 4.70. The molecule has 22 heavy (non-hydrogen) atoms. The minimum atomic E-state index is 0.284. The van der Waals surface area contributed by atoms with Gasteiger partial charge in [0.2, 0.25) is 0 Å². The Balaban J connectivity index is 2.00. The molecular weight excluding hydrogens is 268 g/mol. The number of fused-ring (bicyclic) bond motifs is 1. The van der Waals surface area contributed by atoms with Gasteiger partial charge in [-0.3, -0.25) is 0 Å². The van der Waals surface area contributed by atoms with Gasteiger partial charge in [0, 0.05) is 12.3 Å². The lowest BCUT2D eigenvalue weighted by Crippen LogP contribution is -2.17. The van der Waals surface area contributed by atoms with Crippen LogP contribution in [-0.4, -0.2) is 5.78 Å². The van der Waals surface area contributed by atoms with Crippen LogP contribution in [0.1, 0.15) is 60.3 Å². The molecule has 0 N–H and O–H groups in total. The van der Waals surface area contributed by atoms with Crippen LogP contribution in [0.5, 0.6) is 0 Å². The fourth-order valence-electron chi connectivity index (χ4n) is 3.69. The Morgan fingerprint density at radius 3 is 2.64 bits per heavy atom. The first-order chi connectivity index (χ1) is 10.7. The van der Waals surface area contributed by atoms with E-state index in [1.54, 1.807) is 6.92 Å². The molecule has 0 saturated heterocycles. The van der Waals surface area contributed by atoms with E-state index in [1.807, 2.05) is 6.08 Å². The van der Waals surface area contributed by atoms with Crippen LogP contribution in [0.25, 0.3) is 6.08 Å². The number of Topliss-reactive ketones (excluding diaryl/α,β-unsaturated/α-hetero) is 1. The Morgan fingerprint density at radius 2 is 1.91 bits per heavy atom. The van der Waals surface area contributed by atoms with E-state index in [4.69, 9.17) is 0 Å². The summed E-state index contributed by atoms with van der Waals surface area (Å²) in [6.07, 6.45) is 4.75. The van der Waals surface area contributed by atoms with E-state index in [1.165, 1.54) is 22.3 Å². The maximum absolute atomic E-state index is 11.5. The van der Waals surface area contributed by atoms with Crippen molar-refractivity contribution in [1.29, 1.82) is 0 Å². The maximum atomic E-state index is 11.5. The van der Waals surface area contributed by atoms with E-state index in [0.29, 0.717) is 18.3 Å². The van der Waals surface area contributed by atoms with E-state index in [-0.39, 0.29) is 5.78 Å². The van der Waals surface area contributed by atoms with Crippen LogP contribution in [0.4, 0.5) is 0 Å². The Hall–Kier alpha value is -2.15. The molecule has 2 atom stereocenters. The molecule has 0 amide bonds. The van der Waals surface area contributed by atoms with Crippen molar-refractivity contribution >= 4 is 11.9 Å². The van der Waals surface area contributed by atoms with Crippen LogP contribution in [0, 0.1) is 0 Å². The lowest BCUT2D eigenvalue weighted by atomic mass is 9.72. The zero-order chi connectivity index (χ0) is 15.5. The summed E-state index contributed by atoms with van der Waals surface area (Å²) in [6, 6.07) is 17.3. The Bertz CT molecular complexity index is 699. The average Bonchev–Trinajstić information content (AvgIpc) is 2.55. The fourth-order valence-corrected chi connectivity index (χ4v) is 3.69. The lowest BCUT2D eigenvalue weighted by molar-refractivity contribution is -0.117. The highest BCUT2D eigenvalue weighted by atomic mass is 16.1. The topological polar surface area (TPSA) is 17.1 Å². The molecular formula is C21H22O. The van der Waals surface area contributed by atoms with E-state index in [0.717, 1.165) is 12.8 Å². The van der Waals surface area contributed by atoms with Crippen molar-refractivity contribution in [3.05, 3.63) is 77.4 Å². The van der Waals surface area contributed by atoms with Gasteiger partial charge in [-0.05, 0) is 47.9 Å². The number of carbonyl (C=O) groups excluding carboxylic acids is 1. The summed E-state index contributed by atoms with van der Waals surface area (Å²) >= 11 is 0. The van der Waals surface area contributed by atoms with Crippen molar-refractivity contribution in [1.82, 2.24) is 0 Å². The monoisotopic (exact) mass is 290 g/mol. The van der Waals surface area contributed by atoms with E-state index < -0.39 is 0 Å². The number of hydrogen-bond donors (Lipinski definition) is 0. The molecule has 0 spiro atoms.